The largest absolute Gasteiger partial charge is 0.454 e. The molecule has 0 saturated carbocycles. The van der Waals surface area contributed by atoms with Crippen LogP contribution < -0.4 is 10.1 Å². The molecule has 0 aliphatic carbocycles. The minimum Gasteiger partial charge on any atom is -0.454 e. The van der Waals surface area contributed by atoms with Crippen LogP contribution in [0.4, 0.5) is 0 Å². The summed E-state index contributed by atoms with van der Waals surface area (Å²) >= 11 is 6.56. The van der Waals surface area contributed by atoms with Crippen LogP contribution in [0.1, 0.15) is 69.8 Å². The van der Waals surface area contributed by atoms with Gasteiger partial charge in [-0.25, -0.2) is 0 Å². The quantitative estimate of drug-likeness (QED) is 0.366. The van der Waals surface area contributed by atoms with E-state index in [1.807, 2.05) is 6.07 Å². The molecule has 1 fully saturated rings. The third-order valence-electron chi connectivity index (χ3n) is 6.51. The lowest BCUT2D eigenvalue weighted by Gasteiger charge is -2.51. The first kappa shape index (κ1) is 25.8. The van der Waals surface area contributed by atoms with Gasteiger partial charge in [0, 0.05) is 34.2 Å². The number of hydrogen-bond donors (Lipinski definition) is 1. The molecule has 7 heteroatoms. The number of ketones is 1. The van der Waals surface area contributed by atoms with Gasteiger partial charge in [0.25, 0.3) is 0 Å². The number of carbonyl (C=O) groups excluding carboxylic acids is 1. The summed E-state index contributed by atoms with van der Waals surface area (Å²) in [6.45, 7) is 11.0. The zero-order chi connectivity index (χ0) is 26.1. The lowest BCUT2D eigenvalue weighted by molar-refractivity contribution is 0.0492. The van der Waals surface area contributed by atoms with Crippen molar-refractivity contribution in [2.24, 2.45) is 5.41 Å². The Bertz CT molecular complexity index is 1310. The predicted molar refractivity (Wildman–Crippen MR) is 141 cm³/mol. The third-order valence-corrected chi connectivity index (χ3v) is 6.80. The molecule has 1 saturated heterocycles. The van der Waals surface area contributed by atoms with E-state index in [2.05, 4.69) is 56.2 Å². The van der Waals surface area contributed by atoms with Crippen molar-refractivity contribution in [3.8, 4) is 28.7 Å². The van der Waals surface area contributed by atoms with Crippen LogP contribution in [0.3, 0.4) is 0 Å². The Morgan fingerprint density at radius 1 is 1.06 bits per heavy atom. The van der Waals surface area contributed by atoms with E-state index in [1.165, 1.54) is 0 Å². The summed E-state index contributed by atoms with van der Waals surface area (Å²) in [7, 11) is 0. The molecule has 4 rings (SSSR count). The molecule has 0 atom stereocenters. The molecule has 3 aromatic rings. The van der Waals surface area contributed by atoms with Crippen LogP contribution in [0.25, 0.3) is 11.1 Å². The zero-order valence-electron chi connectivity index (χ0n) is 21.4. The van der Waals surface area contributed by atoms with Crippen molar-refractivity contribution in [2.75, 3.05) is 0 Å². The van der Waals surface area contributed by atoms with E-state index in [0.29, 0.717) is 39.6 Å². The van der Waals surface area contributed by atoms with Crippen LogP contribution in [-0.2, 0) is 0 Å². The number of piperidine rings is 1. The fourth-order valence-electron chi connectivity index (χ4n) is 6.11. The predicted octanol–water partition coefficient (Wildman–Crippen LogP) is 6.98. The minimum atomic E-state index is -0.124. The SMILES string of the molecule is CC1(CC(=O)c2ccc(Oc3cccc(-c4ccnnc4)c3C#N)c(Cl)c2)CC(C)(C)NC(C)(C)C1. The van der Waals surface area contributed by atoms with Gasteiger partial charge in [-0.15, -0.1) is 0 Å². The molecule has 1 aliphatic rings. The van der Waals surface area contributed by atoms with Gasteiger partial charge < -0.3 is 10.1 Å². The van der Waals surface area contributed by atoms with Crippen molar-refractivity contribution in [1.82, 2.24) is 15.5 Å². The second-order valence-electron chi connectivity index (χ2n) is 11.3. The van der Waals surface area contributed by atoms with Crippen LogP contribution in [-0.4, -0.2) is 27.1 Å². The third kappa shape index (κ3) is 5.75. The van der Waals surface area contributed by atoms with Crippen LogP contribution >= 0.6 is 11.6 Å². The summed E-state index contributed by atoms with van der Waals surface area (Å²) in [5, 5.41) is 21.5. The summed E-state index contributed by atoms with van der Waals surface area (Å²) < 4.78 is 6.04. The van der Waals surface area contributed by atoms with Crippen molar-refractivity contribution >= 4 is 17.4 Å². The lowest BCUT2D eigenvalue weighted by Crippen LogP contribution is -2.60. The minimum absolute atomic E-state index is 0.0502. The molecule has 36 heavy (non-hydrogen) atoms. The van der Waals surface area contributed by atoms with Crippen molar-refractivity contribution in [3.05, 3.63) is 71.0 Å². The maximum atomic E-state index is 13.3. The molecule has 0 unspecified atom stereocenters. The molecule has 186 valence electrons. The summed E-state index contributed by atoms with van der Waals surface area (Å²) in [4.78, 5) is 13.3. The number of hydrogen-bond acceptors (Lipinski definition) is 6. The fourth-order valence-corrected chi connectivity index (χ4v) is 6.33. The van der Waals surface area contributed by atoms with Crippen LogP contribution in [0.2, 0.25) is 5.02 Å². The second-order valence-corrected chi connectivity index (χ2v) is 11.7. The molecule has 1 N–H and O–H groups in total. The average molecular weight is 503 g/mol. The molecule has 0 bridgehead atoms. The number of halogens is 1. The van der Waals surface area contributed by atoms with E-state index in [-0.39, 0.29) is 22.3 Å². The number of Topliss-reactive ketones (excluding diaryl/α,β-unsaturated/α-hetero) is 1. The van der Waals surface area contributed by atoms with Crippen LogP contribution in [0.15, 0.2) is 54.9 Å². The number of aromatic nitrogens is 2. The molecule has 6 nitrogen and oxygen atoms in total. The topological polar surface area (TPSA) is 87.9 Å². The van der Waals surface area contributed by atoms with E-state index in [1.54, 1.807) is 48.8 Å². The number of benzene rings is 2. The van der Waals surface area contributed by atoms with Gasteiger partial charge in [-0.3, -0.25) is 4.79 Å². The molecule has 0 radical (unpaired) electrons. The number of ether oxygens (including phenoxy) is 1. The first-order chi connectivity index (χ1) is 16.9. The first-order valence-corrected chi connectivity index (χ1v) is 12.4. The molecule has 2 heterocycles. The van der Waals surface area contributed by atoms with Gasteiger partial charge in [-0.2, -0.15) is 15.5 Å². The highest BCUT2D eigenvalue weighted by molar-refractivity contribution is 6.32. The van der Waals surface area contributed by atoms with E-state index in [0.717, 1.165) is 18.4 Å². The van der Waals surface area contributed by atoms with Gasteiger partial charge >= 0.3 is 0 Å². The van der Waals surface area contributed by atoms with Gasteiger partial charge in [0.15, 0.2) is 5.78 Å². The smallest absolute Gasteiger partial charge is 0.163 e. The Kier molecular flexibility index (Phi) is 6.92. The molecular weight excluding hydrogens is 472 g/mol. The molecule has 1 aliphatic heterocycles. The maximum Gasteiger partial charge on any atom is 0.163 e. The monoisotopic (exact) mass is 502 g/mol. The van der Waals surface area contributed by atoms with Gasteiger partial charge in [0.2, 0.25) is 0 Å². The highest BCUT2D eigenvalue weighted by Crippen LogP contribution is 2.45. The van der Waals surface area contributed by atoms with Crippen molar-refractivity contribution < 1.29 is 9.53 Å². The lowest BCUT2D eigenvalue weighted by atomic mass is 9.64. The molecule has 0 spiro atoms. The van der Waals surface area contributed by atoms with Crippen LogP contribution in [0, 0.1) is 16.7 Å². The van der Waals surface area contributed by atoms with E-state index < -0.39 is 0 Å². The Morgan fingerprint density at radius 2 is 1.78 bits per heavy atom. The molecule has 2 aromatic carbocycles. The summed E-state index contributed by atoms with van der Waals surface area (Å²) in [6, 6.07) is 14.4. The number of nitriles is 1. The summed E-state index contributed by atoms with van der Waals surface area (Å²) in [6.07, 6.45) is 5.43. The number of nitrogens with zero attached hydrogens (tertiary/aromatic N) is 3. The van der Waals surface area contributed by atoms with E-state index in [4.69, 9.17) is 16.3 Å². The Balaban J connectivity index is 1.55. The van der Waals surface area contributed by atoms with Crippen molar-refractivity contribution in [3.63, 3.8) is 0 Å². The molecule has 0 amide bonds. The first-order valence-electron chi connectivity index (χ1n) is 12.0. The summed E-state index contributed by atoms with van der Waals surface area (Å²) in [5.41, 5.74) is 2.15. The van der Waals surface area contributed by atoms with Gasteiger partial charge in [-0.1, -0.05) is 30.7 Å². The maximum absolute atomic E-state index is 13.3. The highest BCUT2D eigenvalue weighted by atomic mass is 35.5. The normalized spacial score (nSPS) is 17.7. The number of nitrogens with one attached hydrogen (secondary N) is 1. The Morgan fingerprint density at radius 3 is 2.39 bits per heavy atom. The van der Waals surface area contributed by atoms with Gasteiger partial charge in [0.05, 0.1) is 17.4 Å². The van der Waals surface area contributed by atoms with E-state index >= 15 is 0 Å². The summed E-state index contributed by atoms with van der Waals surface area (Å²) in [5.74, 6) is 0.814. The van der Waals surface area contributed by atoms with Crippen LogP contribution in [0.5, 0.6) is 11.5 Å². The standard InChI is InChI=1S/C29H31ClN4O2/c1-27(2)17-29(5,18-28(3,4)34-27)14-24(35)19-9-10-26(23(30)13-19)36-25-8-6-7-21(22(25)15-31)20-11-12-32-33-16-20/h6-13,16,34H,14,17-18H2,1-5H3. The Hall–Kier alpha value is -3.27. The Labute approximate surface area is 217 Å². The number of carbonyl (C=O) groups is 1. The second kappa shape index (κ2) is 9.65. The average Bonchev–Trinajstić information content (AvgIpc) is 2.78. The van der Waals surface area contributed by atoms with E-state index in [9.17, 15) is 10.1 Å². The van der Waals surface area contributed by atoms with Gasteiger partial charge in [-0.05, 0) is 76.3 Å². The highest BCUT2D eigenvalue weighted by Gasteiger charge is 2.45. The number of rotatable bonds is 6. The zero-order valence-corrected chi connectivity index (χ0v) is 22.1. The fraction of sp³-hybridized carbons (Fsp3) is 0.379. The van der Waals surface area contributed by atoms with Crippen molar-refractivity contribution in [2.45, 2.75) is 65.0 Å². The molecule has 1 aromatic heterocycles. The molecular formula is C29H31ClN4O2. The van der Waals surface area contributed by atoms with Crippen molar-refractivity contribution in [1.29, 1.82) is 5.26 Å². The van der Waals surface area contributed by atoms with Gasteiger partial charge in [0.1, 0.15) is 23.1 Å².